The van der Waals surface area contributed by atoms with Crippen LogP contribution in [0.1, 0.15) is 22.7 Å². The molecule has 1 atom stereocenters. The molecule has 0 saturated carbocycles. The van der Waals surface area contributed by atoms with Crippen molar-refractivity contribution in [2.45, 2.75) is 19.9 Å². The second kappa shape index (κ2) is 8.83. The Morgan fingerprint density at radius 2 is 1.88 bits per heavy atom. The largest absolute Gasteiger partial charge is 0.497 e. The number of ether oxygens (including phenoxy) is 1. The molecule has 0 unspecified atom stereocenters. The van der Waals surface area contributed by atoms with Crippen LogP contribution in [-0.2, 0) is 0 Å². The van der Waals surface area contributed by atoms with Gasteiger partial charge in [-0.15, -0.1) is 0 Å². The van der Waals surface area contributed by atoms with Crippen LogP contribution in [0.2, 0.25) is 0 Å². The minimum atomic E-state index is 0.273. The number of rotatable bonds is 6. The Balaban J connectivity index is 2.00. The molecule has 25 heavy (non-hydrogen) atoms. The van der Waals surface area contributed by atoms with E-state index in [0.29, 0.717) is 5.11 Å². The van der Waals surface area contributed by atoms with Crippen molar-refractivity contribution in [3.8, 4) is 5.75 Å². The zero-order chi connectivity index (χ0) is 18.4. The lowest BCUT2D eigenvalue weighted by atomic mass is 10.1. The number of nitrogens with one attached hydrogen (secondary N) is 3. The van der Waals surface area contributed by atoms with Crippen molar-refractivity contribution in [1.82, 2.24) is 5.32 Å². The standard InChI is InChI=1S/C20H27N3OS/c1-14-9-10-17(11-15(14)2)22-20(25)21-13-19(23(3)4)16-7-6-8-18(12-16)24-5/h6-12,19H,13H2,1-5H3,(H2,21,22,25)/p+1/t19-/m0/s1. The lowest BCUT2D eigenvalue weighted by molar-refractivity contribution is -0.890. The second-order valence-electron chi connectivity index (χ2n) is 6.54. The van der Waals surface area contributed by atoms with Crippen molar-refractivity contribution in [3.05, 3.63) is 59.2 Å². The molecule has 4 nitrogen and oxygen atoms in total. The Bertz CT molecular complexity index is 731. The first-order chi connectivity index (χ1) is 11.9. The van der Waals surface area contributed by atoms with E-state index in [9.17, 15) is 0 Å². The fourth-order valence-electron chi connectivity index (χ4n) is 2.70. The van der Waals surface area contributed by atoms with E-state index in [2.05, 4.69) is 62.8 Å². The van der Waals surface area contributed by atoms with Crippen LogP contribution in [-0.4, -0.2) is 32.9 Å². The maximum absolute atomic E-state index is 5.46. The molecule has 5 heteroatoms. The highest BCUT2D eigenvalue weighted by Gasteiger charge is 2.18. The van der Waals surface area contributed by atoms with Gasteiger partial charge in [-0.1, -0.05) is 18.2 Å². The van der Waals surface area contributed by atoms with Crippen LogP contribution in [0, 0.1) is 13.8 Å². The third-order valence-corrected chi connectivity index (χ3v) is 4.67. The number of anilines is 1. The lowest BCUT2D eigenvalue weighted by Gasteiger charge is -2.23. The number of benzene rings is 2. The molecule has 0 aliphatic heterocycles. The summed E-state index contributed by atoms with van der Waals surface area (Å²) < 4.78 is 5.34. The summed E-state index contributed by atoms with van der Waals surface area (Å²) in [4.78, 5) is 1.33. The topological polar surface area (TPSA) is 37.7 Å². The van der Waals surface area contributed by atoms with Gasteiger partial charge in [-0.2, -0.15) is 0 Å². The van der Waals surface area contributed by atoms with E-state index in [1.54, 1.807) is 7.11 Å². The van der Waals surface area contributed by atoms with E-state index in [1.807, 2.05) is 18.2 Å². The lowest BCUT2D eigenvalue weighted by Crippen LogP contribution is -3.07. The first-order valence-electron chi connectivity index (χ1n) is 8.47. The highest BCUT2D eigenvalue weighted by molar-refractivity contribution is 7.80. The summed E-state index contributed by atoms with van der Waals surface area (Å²) in [5.41, 5.74) is 4.76. The van der Waals surface area contributed by atoms with Gasteiger partial charge in [0.25, 0.3) is 0 Å². The van der Waals surface area contributed by atoms with Gasteiger partial charge in [-0.05, 0) is 61.5 Å². The third-order valence-electron chi connectivity index (χ3n) is 4.42. The molecular formula is C20H28N3OS+. The number of methoxy groups -OCH3 is 1. The van der Waals surface area contributed by atoms with Gasteiger partial charge in [0.2, 0.25) is 0 Å². The Morgan fingerprint density at radius 3 is 2.52 bits per heavy atom. The summed E-state index contributed by atoms with van der Waals surface area (Å²) in [5.74, 6) is 0.875. The van der Waals surface area contributed by atoms with E-state index in [4.69, 9.17) is 17.0 Å². The normalized spacial score (nSPS) is 11.9. The van der Waals surface area contributed by atoms with Gasteiger partial charge in [0.05, 0.1) is 27.7 Å². The zero-order valence-corrected chi connectivity index (χ0v) is 16.5. The number of hydrogen-bond donors (Lipinski definition) is 3. The summed E-state index contributed by atoms with van der Waals surface area (Å²) >= 11 is 5.46. The molecule has 0 bridgehead atoms. The van der Waals surface area contributed by atoms with Gasteiger partial charge >= 0.3 is 0 Å². The van der Waals surface area contributed by atoms with Gasteiger partial charge in [-0.25, -0.2) is 0 Å². The smallest absolute Gasteiger partial charge is 0.171 e. The number of hydrogen-bond acceptors (Lipinski definition) is 2. The van der Waals surface area contributed by atoms with Crippen LogP contribution in [0.25, 0.3) is 0 Å². The molecule has 0 spiro atoms. The van der Waals surface area contributed by atoms with Gasteiger partial charge in [-0.3, -0.25) is 0 Å². The highest BCUT2D eigenvalue weighted by atomic mass is 32.1. The molecule has 0 fully saturated rings. The Morgan fingerprint density at radius 1 is 1.12 bits per heavy atom. The van der Waals surface area contributed by atoms with Gasteiger partial charge in [0.15, 0.2) is 5.11 Å². The van der Waals surface area contributed by atoms with E-state index < -0.39 is 0 Å². The first kappa shape index (κ1) is 19.2. The molecule has 0 radical (unpaired) electrons. The van der Waals surface area contributed by atoms with Crippen molar-refractivity contribution >= 4 is 23.0 Å². The summed E-state index contributed by atoms with van der Waals surface area (Å²) in [5, 5.41) is 7.24. The monoisotopic (exact) mass is 358 g/mol. The third kappa shape index (κ3) is 5.44. The van der Waals surface area contributed by atoms with Crippen LogP contribution in [0.5, 0.6) is 5.75 Å². The van der Waals surface area contributed by atoms with Crippen molar-refractivity contribution in [1.29, 1.82) is 0 Å². The molecule has 0 amide bonds. The van der Waals surface area contributed by atoms with E-state index in [1.165, 1.54) is 21.6 Å². The van der Waals surface area contributed by atoms with Crippen molar-refractivity contribution in [2.24, 2.45) is 0 Å². The average molecular weight is 359 g/mol. The summed E-state index contributed by atoms with van der Waals surface area (Å²) in [6.45, 7) is 4.95. The van der Waals surface area contributed by atoms with Gasteiger partial charge in [0.1, 0.15) is 11.8 Å². The Hall–Kier alpha value is -2.11. The summed E-state index contributed by atoms with van der Waals surface area (Å²) in [7, 11) is 5.98. The maximum Gasteiger partial charge on any atom is 0.171 e. The van der Waals surface area contributed by atoms with E-state index in [-0.39, 0.29) is 6.04 Å². The van der Waals surface area contributed by atoms with E-state index in [0.717, 1.165) is 18.0 Å². The van der Waals surface area contributed by atoms with Crippen molar-refractivity contribution in [2.75, 3.05) is 33.1 Å². The van der Waals surface area contributed by atoms with Crippen LogP contribution in [0.3, 0.4) is 0 Å². The minimum Gasteiger partial charge on any atom is -0.497 e. The number of aryl methyl sites for hydroxylation is 2. The van der Waals surface area contributed by atoms with Crippen LogP contribution in [0.15, 0.2) is 42.5 Å². The molecular weight excluding hydrogens is 330 g/mol. The summed E-state index contributed by atoms with van der Waals surface area (Å²) in [6.07, 6.45) is 0. The minimum absolute atomic E-state index is 0.273. The van der Waals surface area contributed by atoms with Crippen molar-refractivity contribution < 1.29 is 9.64 Å². The van der Waals surface area contributed by atoms with Crippen molar-refractivity contribution in [3.63, 3.8) is 0 Å². The molecule has 3 N–H and O–H groups in total. The predicted octanol–water partition coefficient (Wildman–Crippen LogP) is 2.48. The number of likely N-dealkylation sites (N-methyl/N-ethyl adjacent to an activating group) is 1. The molecule has 2 aromatic carbocycles. The quantitative estimate of drug-likeness (QED) is 0.694. The second-order valence-corrected chi connectivity index (χ2v) is 6.95. The highest BCUT2D eigenvalue weighted by Crippen LogP contribution is 2.17. The zero-order valence-electron chi connectivity index (χ0n) is 15.6. The molecule has 134 valence electrons. The molecule has 2 rings (SSSR count). The van der Waals surface area contributed by atoms with Crippen LogP contribution in [0.4, 0.5) is 5.69 Å². The fraction of sp³-hybridized carbons (Fsp3) is 0.350. The Labute approximate surface area is 156 Å². The summed E-state index contributed by atoms with van der Waals surface area (Å²) in [6, 6.07) is 14.7. The Kier molecular flexibility index (Phi) is 6.79. The van der Waals surface area contributed by atoms with Gasteiger partial charge < -0.3 is 20.3 Å². The predicted molar refractivity (Wildman–Crippen MR) is 109 cm³/mol. The average Bonchev–Trinajstić information content (AvgIpc) is 2.58. The van der Waals surface area contributed by atoms with Crippen LogP contribution < -0.4 is 20.3 Å². The molecule has 0 saturated heterocycles. The molecule has 2 aromatic rings. The first-order valence-corrected chi connectivity index (χ1v) is 8.87. The maximum atomic E-state index is 5.46. The van der Waals surface area contributed by atoms with Crippen LogP contribution >= 0.6 is 12.2 Å². The van der Waals surface area contributed by atoms with Gasteiger partial charge in [0, 0.05) is 11.3 Å². The molecule has 0 aliphatic carbocycles. The fourth-order valence-corrected chi connectivity index (χ4v) is 2.90. The number of quaternary nitrogens is 1. The molecule has 0 aliphatic rings. The molecule has 0 aromatic heterocycles. The molecule has 0 heterocycles. The number of thiocarbonyl (C=S) groups is 1. The van der Waals surface area contributed by atoms with E-state index >= 15 is 0 Å². The SMILES string of the molecule is COc1cccc([C@H](CNC(=S)Nc2ccc(C)c(C)c2)[NH+](C)C)c1.